The van der Waals surface area contributed by atoms with Crippen molar-refractivity contribution in [2.24, 2.45) is 5.73 Å². The number of hydrogen-bond donors (Lipinski definition) is 1. The molecule has 0 saturated carbocycles. The fourth-order valence-corrected chi connectivity index (χ4v) is 1.14. The zero-order chi connectivity index (χ0) is 8.41. The molecule has 1 unspecified atom stereocenters. The van der Waals surface area contributed by atoms with E-state index < -0.39 is 5.54 Å². The third-order valence-corrected chi connectivity index (χ3v) is 1.15. The van der Waals surface area contributed by atoms with Crippen LogP contribution < -0.4 is 5.73 Å². The van der Waals surface area contributed by atoms with Gasteiger partial charge in [-0.1, -0.05) is 0 Å². The van der Waals surface area contributed by atoms with Gasteiger partial charge in [0.05, 0.1) is 35.1 Å². The van der Waals surface area contributed by atoms with Crippen molar-refractivity contribution >= 4 is 23.5 Å². The largest absolute Gasteiger partial charge is 0.314 e. The lowest BCUT2D eigenvalue weighted by molar-refractivity contribution is 0.550. The SMILES string of the molecule is BC(B)(B)CC(C)(N)C#N. The minimum absolute atomic E-state index is 0.138. The first-order valence-corrected chi connectivity index (χ1v) is 3.47. The monoisotopic (exact) mass is 134 g/mol. The van der Waals surface area contributed by atoms with Gasteiger partial charge in [-0.25, -0.2) is 0 Å². The van der Waals surface area contributed by atoms with Gasteiger partial charge >= 0.3 is 0 Å². The van der Waals surface area contributed by atoms with Crippen molar-refractivity contribution < 1.29 is 0 Å². The van der Waals surface area contributed by atoms with E-state index in [1.807, 2.05) is 0 Å². The second kappa shape index (κ2) is 2.71. The molecule has 0 saturated heterocycles. The minimum atomic E-state index is -0.668. The maximum atomic E-state index is 8.58. The van der Waals surface area contributed by atoms with Gasteiger partial charge in [0.1, 0.15) is 0 Å². The van der Waals surface area contributed by atoms with Gasteiger partial charge in [0.15, 0.2) is 0 Å². The zero-order valence-corrected chi connectivity index (χ0v) is 7.23. The van der Waals surface area contributed by atoms with Crippen molar-refractivity contribution in [3.63, 3.8) is 0 Å². The van der Waals surface area contributed by atoms with Crippen LogP contribution in [0.4, 0.5) is 0 Å². The molecular weight excluding hydrogens is 121 g/mol. The van der Waals surface area contributed by atoms with Crippen LogP contribution >= 0.6 is 0 Å². The Morgan fingerprint density at radius 2 is 1.90 bits per heavy atom. The highest BCUT2D eigenvalue weighted by Crippen LogP contribution is 2.22. The third-order valence-electron chi connectivity index (χ3n) is 1.15. The minimum Gasteiger partial charge on any atom is -0.314 e. The lowest BCUT2D eigenvalue weighted by atomic mass is 9.40. The highest BCUT2D eigenvalue weighted by Gasteiger charge is 2.25. The van der Waals surface area contributed by atoms with Crippen LogP contribution in [0, 0.1) is 11.3 Å². The Balaban J connectivity index is 4.05. The van der Waals surface area contributed by atoms with Crippen molar-refractivity contribution in [1.82, 2.24) is 0 Å². The van der Waals surface area contributed by atoms with E-state index in [0.717, 1.165) is 6.42 Å². The smallest absolute Gasteiger partial charge is 0.0995 e. The standard InChI is InChI=1S/C5H13B3N2/c1-4(10,3-9)2-5(6,7)8/h2,6-8,10H2,1H3. The molecule has 1 atom stereocenters. The number of nitriles is 1. The van der Waals surface area contributed by atoms with Gasteiger partial charge in [0.25, 0.3) is 0 Å². The third kappa shape index (κ3) is 4.52. The Morgan fingerprint density at radius 1 is 1.50 bits per heavy atom. The second-order valence-electron chi connectivity index (χ2n) is 4.27. The van der Waals surface area contributed by atoms with E-state index in [-0.39, 0.29) is 5.11 Å². The van der Waals surface area contributed by atoms with Crippen LogP contribution in [0.2, 0.25) is 5.11 Å². The van der Waals surface area contributed by atoms with Crippen molar-refractivity contribution in [2.45, 2.75) is 24.0 Å². The molecule has 0 aromatic heterocycles. The Morgan fingerprint density at radius 3 is 2.00 bits per heavy atom. The molecule has 0 rings (SSSR count). The molecule has 10 heavy (non-hydrogen) atoms. The molecule has 0 aromatic rings. The van der Waals surface area contributed by atoms with E-state index in [9.17, 15) is 0 Å². The first-order valence-electron chi connectivity index (χ1n) is 3.47. The fourth-order valence-electron chi connectivity index (χ4n) is 1.14. The van der Waals surface area contributed by atoms with Gasteiger partial charge in [-0.3, -0.25) is 0 Å². The van der Waals surface area contributed by atoms with E-state index in [2.05, 4.69) is 29.6 Å². The Kier molecular flexibility index (Phi) is 2.62. The van der Waals surface area contributed by atoms with Gasteiger partial charge in [0.2, 0.25) is 0 Å². The van der Waals surface area contributed by atoms with Crippen molar-refractivity contribution in [2.75, 3.05) is 0 Å². The van der Waals surface area contributed by atoms with Crippen LogP contribution in [0.5, 0.6) is 0 Å². The summed E-state index contributed by atoms with van der Waals surface area (Å²) in [6.07, 6.45) is 0.733. The number of rotatable bonds is 2. The molecule has 0 spiro atoms. The van der Waals surface area contributed by atoms with E-state index >= 15 is 0 Å². The topological polar surface area (TPSA) is 49.8 Å². The summed E-state index contributed by atoms with van der Waals surface area (Å²) >= 11 is 0. The molecule has 2 N–H and O–H groups in total. The molecule has 0 aliphatic rings. The molecule has 0 amide bonds. The number of nitrogens with two attached hydrogens (primary N) is 1. The summed E-state index contributed by atoms with van der Waals surface area (Å²) in [7, 11) is 6.24. The van der Waals surface area contributed by atoms with Crippen LogP contribution in [0.15, 0.2) is 0 Å². The molecule has 0 aliphatic heterocycles. The van der Waals surface area contributed by atoms with Crippen LogP contribution in [-0.2, 0) is 0 Å². The van der Waals surface area contributed by atoms with E-state index in [1.54, 1.807) is 6.92 Å². The fraction of sp³-hybridized carbons (Fsp3) is 0.800. The van der Waals surface area contributed by atoms with E-state index in [4.69, 9.17) is 11.0 Å². The zero-order valence-electron chi connectivity index (χ0n) is 7.23. The van der Waals surface area contributed by atoms with Crippen molar-refractivity contribution in [1.29, 1.82) is 5.26 Å². The first-order chi connectivity index (χ1) is 4.27. The quantitative estimate of drug-likeness (QED) is 0.427. The predicted molar refractivity (Wildman–Crippen MR) is 51.1 cm³/mol. The van der Waals surface area contributed by atoms with Gasteiger partial charge in [-0.15, -0.1) is 5.11 Å². The molecule has 5 heteroatoms. The Labute approximate surface area is 65.4 Å². The summed E-state index contributed by atoms with van der Waals surface area (Å²) in [6, 6.07) is 2.08. The molecule has 0 bridgehead atoms. The maximum absolute atomic E-state index is 8.58. The average Bonchev–Trinajstić information content (AvgIpc) is 1.60. The van der Waals surface area contributed by atoms with Crippen LogP contribution in [0.3, 0.4) is 0 Å². The Bertz CT molecular complexity index is 153. The Hall–Kier alpha value is -0.355. The molecule has 0 aliphatic carbocycles. The molecule has 0 radical (unpaired) electrons. The van der Waals surface area contributed by atoms with Crippen LogP contribution in [0.25, 0.3) is 0 Å². The molecule has 52 valence electrons. The maximum Gasteiger partial charge on any atom is 0.0995 e. The highest BCUT2D eigenvalue weighted by atomic mass is 14.7. The van der Waals surface area contributed by atoms with Crippen molar-refractivity contribution in [3.8, 4) is 6.07 Å². The van der Waals surface area contributed by atoms with Crippen LogP contribution in [0.1, 0.15) is 13.3 Å². The van der Waals surface area contributed by atoms with Crippen molar-refractivity contribution in [3.05, 3.63) is 0 Å². The number of hydrogen-bond acceptors (Lipinski definition) is 2. The second-order valence-corrected chi connectivity index (χ2v) is 4.27. The summed E-state index contributed by atoms with van der Waals surface area (Å²) in [5.74, 6) is 0. The van der Waals surface area contributed by atoms with Gasteiger partial charge in [-0.05, 0) is 13.3 Å². The highest BCUT2D eigenvalue weighted by molar-refractivity contribution is 6.58. The normalized spacial score (nSPS) is 17.3. The summed E-state index contributed by atoms with van der Waals surface area (Å²) in [5.41, 5.74) is 4.97. The van der Waals surface area contributed by atoms with Gasteiger partial charge < -0.3 is 5.73 Å². The summed E-state index contributed by atoms with van der Waals surface area (Å²) in [4.78, 5) is 0. The molecule has 0 heterocycles. The van der Waals surface area contributed by atoms with E-state index in [1.165, 1.54) is 0 Å². The molecule has 0 aromatic carbocycles. The molecular formula is C5H13B3N2. The summed E-state index contributed by atoms with van der Waals surface area (Å²) < 4.78 is 0. The lowest BCUT2D eigenvalue weighted by Gasteiger charge is -2.26. The summed E-state index contributed by atoms with van der Waals surface area (Å²) in [6.45, 7) is 1.76. The predicted octanol–water partition coefficient (Wildman–Crippen LogP) is -2.41. The molecule has 2 nitrogen and oxygen atoms in total. The average molecular weight is 134 g/mol. The first kappa shape index (κ1) is 9.64. The van der Waals surface area contributed by atoms with Crippen LogP contribution in [-0.4, -0.2) is 29.1 Å². The van der Waals surface area contributed by atoms with Gasteiger partial charge in [-0.2, -0.15) is 5.26 Å². The lowest BCUT2D eigenvalue weighted by Crippen LogP contribution is -2.39. The van der Waals surface area contributed by atoms with Gasteiger partial charge in [0, 0.05) is 0 Å². The van der Waals surface area contributed by atoms with E-state index in [0.29, 0.717) is 0 Å². The number of nitrogens with zero attached hydrogens (tertiary/aromatic N) is 1. The molecule has 0 fully saturated rings. The summed E-state index contributed by atoms with van der Waals surface area (Å²) in [5, 5.41) is 8.72.